The number of para-hydroxylation sites is 1. The van der Waals surface area contributed by atoms with E-state index >= 15 is 0 Å². The van der Waals surface area contributed by atoms with Gasteiger partial charge in [0, 0.05) is 13.1 Å². The maximum absolute atomic E-state index is 13.9. The van der Waals surface area contributed by atoms with Crippen LogP contribution in [-0.2, 0) is 10.0 Å². The molecule has 0 saturated carbocycles. The van der Waals surface area contributed by atoms with Gasteiger partial charge in [0.1, 0.15) is 22.3 Å². The van der Waals surface area contributed by atoms with Gasteiger partial charge in [-0.05, 0) is 37.1 Å². The molecule has 4 rings (SSSR count). The van der Waals surface area contributed by atoms with Crippen LogP contribution in [0.2, 0.25) is 5.02 Å². The molecule has 0 bridgehead atoms. The number of thiazole rings is 1. The fraction of sp³-hybridized carbons (Fsp3) is 0.278. The van der Waals surface area contributed by atoms with E-state index in [2.05, 4.69) is 4.98 Å². The van der Waals surface area contributed by atoms with Crippen LogP contribution in [0.5, 0.6) is 5.19 Å². The predicted molar refractivity (Wildman–Crippen MR) is 103 cm³/mol. The Morgan fingerprint density at radius 1 is 1.15 bits per heavy atom. The largest absolute Gasteiger partial charge is 0.467 e. The summed E-state index contributed by atoms with van der Waals surface area (Å²) in [5.41, 5.74) is 0.707. The molecule has 0 radical (unpaired) electrons. The fourth-order valence-corrected chi connectivity index (χ4v) is 5.79. The van der Waals surface area contributed by atoms with Crippen molar-refractivity contribution in [3.8, 4) is 5.19 Å². The first-order valence-corrected chi connectivity index (χ1v) is 11.0. The lowest BCUT2D eigenvalue weighted by atomic mass is 10.1. The van der Waals surface area contributed by atoms with E-state index < -0.39 is 15.8 Å². The molecule has 0 unspecified atom stereocenters. The highest BCUT2D eigenvalue weighted by Crippen LogP contribution is 2.33. The topological polar surface area (TPSA) is 59.5 Å². The van der Waals surface area contributed by atoms with Crippen molar-refractivity contribution in [3.63, 3.8) is 0 Å². The molecule has 0 N–H and O–H groups in total. The zero-order valence-corrected chi connectivity index (χ0v) is 16.5. The Balaban J connectivity index is 1.44. The second kappa shape index (κ2) is 7.35. The molecule has 0 spiro atoms. The maximum atomic E-state index is 13.9. The summed E-state index contributed by atoms with van der Waals surface area (Å²) in [4.78, 5) is 4.13. The van der Waals surface area contributed by atoms with Gasteiger partial charge >= 0.3 is 0 Å². The maximum Gasteiger partial charge on any atom is 0.274 e. The Labute approximate surface area is 165 Å². The lowest BCUT2D eigenvalue weighted by Gasteiger charge is -2.30. The van der Waals surface area contributed by atoms with Gasteiger partial charge in [0.05, 0.1) is 9.72 Å². The minimum atomic E-state index is -3.84. The van der Waals surface area contributed by atoms with Crippen molar-refractivity contribution in [2.75, 3.05) is 13.1 Å². The van der Waals surface area contributed by atoms with E-state index in [4.69, 9.17) is 16.3 Å². The summed E-state index contributed by atoms with van der Waals surface area (Å²) in [6.45, 7) is 0.542. The summed E-state index contributed by atoms with van der Waals surface area (Å²) in [6, 6.07) is 11.0. The number of benzene rings is 2. The zero-order chi connectivity index (χ0) is 19.0. The van der Waals surface area contributed by atoms with Crippen molar-refractivity contribution in [2.24, 2.45) is 0 Å². The summed E-state index contributed by atoms with van der Waals surface area (Å²) < 4.78 is 47.4. The van der Waals surface area contributed by atoms with Crippen LogP contribution in [0.15, 0.2) is 47.4 Å². The van der Waals surface area contributed by atoms with Crippen LogP contribution in [-0.4, -0.2) is 36.9 Å². The van der Waals surface area contributed by atoms with Crippen LogP contribution < -0.4 is 4.74 Å². The van der Waals surface area contributed by atoms with Gasteiger partial charge in [0.25, 0.3) is 5.19 Å². The number of hydrogen-bond acceptors (Lipinski definition) is 5. The molecule has 1 aliphatic heterocycles. The molecule has 1 fully saturated rings. The first-order chi connectivity index (χ1) is 12.9. The van der Waals surface area contributed by atoms with E-state index in [9.17, 15) is 12.8 Å². The van der Waals surface area contributed by atoms with Crippen LogP contribution in [0.3, 0.4) is 0 Å². The molecule has 3 aromatic rings. The molecule has 2 heterocycles. The predicted octanol–water partition coefficient (Wildman–Crippen LogP) is 4.32. The van der Waals surface area contributed by atoms with Gasteiger partial charge in [0.15, 0.2) is 0 Å². The van der Waals surface area contributed by atoms with Crippen molar-refractivity contribution in [2.45, 2.75) is 23.8 Å². The Kier molecular flexibility index (Phi) is 5.07. The average Bonchev–Trinajstić information content (AvgIpc) is 3.06. The molecular formula is C18H16ClFN2O3S2. The van der Waals surface area contributed by atoms with Gasteiger partial charge < -0.3 is 4.74 Å². The highest BCUT2D eigenvalue weighted by atomic mass is 35.5. The average molecular weight is 427 g/mol. The number of ether oxygens (including phenoxy) is 1. The van der Waals surface area contributed by atoms with Crippen molar-refractivity contribution in [1.82, 2.24) is 9.29 Å². The standard InChI is InChI=1S/C18H16ClFN2O3S2/c19-13-4-3-6-15-17(13)21-18(26-15)25-12-8-10-22(11-9-12)27(23,24)16-7-2-1-5-14(16)20/h1-7,12H,8-11H2. The number of halogens is 2. The SMILES string of the molecule is O=S(=O)(c1ccccc1F)N1CCC(Oc2nc3c(Cl)cccc3s2)CC1. The molecule has 0 amide bonds. The number of piperidine rings is 1. The van der Waals surface area contributed by atoms with E-state index in [0.29, 0.717) is 28.6 Å². The number of aromatic nitrogens is 1. The van der Waals surface area contributed by atoms with Crippen LogP contribution >= 0.6 is 22.9 Å². The Morgan fingerprint density at radius 2 is 1.89 bits per heavy atom. The number of hydrogen-bond donors (Lipinski definition) is 0. The second-order valence-electron chi connectivity index (χ2n) is 6.22. The number of nitrogens with zero attached hydrogens (tertiary/aromatic N) is 2. The molecule has 0 aliphatic carbocycles. The van der Waals surface area contributed by atoms with Crippen molar-refractivity contribution >= 4 is 43.2 Å². The third-order valence-electron chi connectivity index (χ3n) is 4.47. The summed E-state index contributed by atoms with van der Waals surface area (Å²) in [7, 11) is -3.84. The molecule has 27 heavy (non-hydrogen) atoms. The summed E-state index contributed by atoms with van der Waals surface area (Å²) >= 11 is 7.55. The summed E-state index contributed by atoms with van der Waals surface area (Å²) in [5, 5.41) is 1.10. The molecule has 1 saturated heterocycles. The third-order valence-corrected chi connectivity index (χ3v) is 7.62. The number of sulfonamides is 1. The zero-order valence-electron chi connectivity index (χ0n) is 14.1. The van der Waals surface area contributed by atoms with Gasteiger partial charge in [-0.1, -0.05) is 41.1 Å². The van der Waals surface area contributed by atoms with E-state index in [0.717, 1.165) is 10.8 Å². The van der Waals surface area contributed by atoms with E-state index in [-0.39, 0.29) is 24.1 Å². The first-order valence-electron chi connectivity index (χ1n) is 8.41. The number of fused-ring (bicyclic) bond motifs is 1. The van der Waals surface area contributed by atoms with Crippen molar-refractivity contribution in [3.05, 3.63) is 53.3 Å². The van der Waals surface area contributed by atoms with Crippen molar-refractivity contribution in [1.29, 1.82) is 0 Å². The van der Waals surface area contributed by atoms with Crippen LogP contribution in [0.4, 0.5) is 4.39 Å². The molecular weight excluding hydrogens is 411 g/mol. The molecule has 2 aromatic carbocycles. The first kappa shape index (κ1) is 18.6. The minimum absolute atomic E-state index is 0.142. The Hall–Kier alpha value is -1.74. The van der Waals surface area contributed by atoms with Gasteiger partial charge in [0.2, 0.25) is 10.0 Å². The smallest absolute Gasteiger partial charge is 0.274 e. The van der Waals surface area contributed by atoms with Crippen molar-refractivity contribution < 1.29 is 17.5 Å². The van der Waals surface area contributed by atoms with Crippen LogP contribution in [0.1, 0.15) is 12.8 Å². The van der Waals surface area contributed by atoms with E-state index in [1.54, 1.807) is 6.07 Å². The quantitative estimate of drug-likeness (QED) is 0.623. The molecule has 5 nitrogen and oxygen atoms in total. The molecule has 0 atom stereocenters. The van der Waals surface area contributed by atoms with Crippen LogP contribution in [0, 0.1) is 5.82 Å². The summed E-state index contributed by atoms with van der Waals surface area (Å²) in [6.07, 6.45) is 0.880. The highest BCUT2D eigenvalue weighted by molar-refractivity contribution is 7.89. The van der Waals surface area contributed by atoms with Gasteiger partial charge in [-0.25, -0.2) is 17.8 Å². The monoisotopic (exact) mass is 426 g/mol. The second-order valence-corrected chi connectivity index (χ2v) is 9.52. The molecule has 142 valence electrons. The Bertz CT molecular complexity index is 1080. The third kappa shape index (κ3) is 3.67. The number of rotatable bonds is 4. The lowest BCUT2D eigenvalue weighted by molar-refractivity contribution is 0.135. The summed E-state index contributed by atoms with van der Waals surface area (Å²) in [5.74, 6) is -0.734. The lowest BCUT2D eigenvalue weighted by Crippen LogP contribution is -2.41. The highest BCUT2D eigenvalue weighted by Gasteiger charge is 2.32. The van der Waals surface area contributed by atoms with Gasteiger partial charge in [-0.2, -0.15) is 4.31 Å². The molecule has 1 aliphatic rings. The minimum Gasteiger partial charge on any atom is -0.467 e. The van der Waals surface area contributed by atoms with Gasteiger partial charge in [-0.3, -0.25) is 0 Å². The van der Waals surface area contributed by atoms with E-state index in [1.165, 1.54) is 33.8 Å². The molecule has 9 heteroatoms. The van der Waals surface area contributed by atoms with E-state index in [1.807, 2.05) is 12.1 Å². The fourth-order valence-electron chi connectivity index (χ4n) is 3.07. The Morgan fingerprint density at radius 3 is 2.59 bits per heavy atom. The van der Waals surface area contributed by atoms with Crippen LogP contribution in [0.25, 0.3) is 10.2 Å². The van der Waals surface area contributed by atoms with Gasteiger partial charge in [-0.15, -0.1) is 0 Å². The molecule has 1 aromatic heterocycles. The normalized spacial score (nSPS) is 16.7.